The molecular formula is C19H20N2O4. The molecule has 0 bridgehead atoms. The van der Waals surface area contributed by atoms with Gasteiger partial charge in [0.2, 0.25) is 5.43 Å². The first-order valence-corrected chi connectivity index (χ1v) is 8.43. The summed E-state index contributed by atoms with van der Waals surface area (Å²) >= 11 is 0. The van der Waals surface area contributed by atoms with Crippen LogP contribution in [-0.2, 0) is 11.3 Å². The Labute approximate surface area is 145 Å². The minimum absolute atomic E-state index is 0.168. The summed E-state index contributed by atoms with van der Waals surface area (Å²) in [6.07, 6.45) is 3.84. The van der Waals surface area contributed by atoms with Gasteiger partial charge in [0.1, 0.15) is 18.4 Å². The minimum atomic E-state index is -0.853. The summed E-state index contributed by atoms with van der Waals surface area (Å²) < 4.78 is 12.8. The van der Waals surface area contributed by atoms with E-state index in [9.17, 15) is 9.90 Å². The number of ether oxygens (including phenoxy) is 2. The Morgan fingerprint density at radius 1 is 1.24 bits per heavy atom. The lowest BCUT2D eigenvalue weighted by Crippen LogP contribution is -2.41. The number of nitrogens with zero attached hydrogens (tertiary/aromatic N) is 2. The Morgan fingerprint density at radius 3 is 2.76 bits per heavy atom. The number of hydrogen-bond donors (Lipinski definition) is 1. The van der Waals surface area contributed by atoms with E-state index in [-0.39, 0.29) is 17.8 Å². The monoisotopic (exact) mass is 340 g/mol. The van der Waals surface area contributed by atoms with Crippen LogP contribution in [0.1, 0.15) is 30.2 Å². The lowest BCUT2D eigenvalue weighted by atomic mass is 9.74. The highest BCUT2D eigenvalue weighted by molar-refractivity contribution is 5.69. The molecule has 1 N–H and O–H groups in total. The third kappa shape index (κ3) is 2.88. The molecule has 0 radical (unpaired) electrons. The average Bonchev–Trinajstić information content (AvgIpc) is 2.66. The Kier molecular flexibility index (Phi) is 4.15. The first-order valence-electron chi connectivity index (χ1n) is 8.43. The van der Waals surface area contributed by atoms with E-state index in [1.807, 2.05) is 30.3 Å². The maximum absolute atomic E-state index is 12.4. The SMILES string of the molecule is O=c1ccn2c(c1OCc1ccccc1)C(O)C1(C=N2)CCOCC1. The van der Waals surface area contributed by atoms with Crippen LogP contribution < -0.4 is 10.2 Å². The fraction of sp³-hybridized carbons (Fsp3) is 0.368. The second-order valence-electron chi connectivity index (χ2n) is 6.51. The van der Waals surface area contributed by atoms with Gasteiger partial charge in [-0.1, -0.05) is 30.3 Å². The Morgan fingerprint density at radius 2 is 2.00 bits per heavy atom. The summed E-state index contributed by atoms with van der Waals surface area (Å²) in [5.41, 5.74) is 0.629. The van der Waals surface area contributed by atoms with Crippen molar-refractivity contribution in [3.8, 4) is 5.75 Å². The van der Waals surface area contributed by atoms with Gasteiger partial charge in [-0.25, -0.2) is 4.68 Å². The van der Waals surface area contributed by atoms with E-state index in [4.69, 9.17) is 9.47 Å². The first-order chi connectivity index (χ1) is 12.2. The van der Waals surface area contributed by atoms with Gasteiger partial charge < -0.3 is 14.6 Å². The second-order valence-corrected chi connectivity index (χ2v) is 6.51. The number of hydrogen-bond acceptors (Lipinski definition) is 5. The van der Waals surface area contributed by atoms with Crippen LogP contribution in [0.5, 0.6) is 5.75 Å². The van der Waals surface area contributed by atoms with Crippen LogP contribution >= 0.6 is 0 Å². The van der Waals surface area contributed by atoms with Crippen LogP contribution in [0.15, 0.2) is 52.5 Å². The smallest absolute Gasteiger partial charge is 0.223 e. The van der Waals surface area contributed by atoms with Gasteiger partial charge in [0, 0.05) is 37.1 Å². The molecule has 1 fully saturated rings. The molecule has 1 unspecified atom stereocenters. The van der Waals surface area contributed by atoms with Crippen molar-refractivity contribution in [2.24, 2.45) is 10.5 Å². The van der Waals surface area contributed by atoms with Crippen molar-refractivity contribution in [1.82, 2.24) is 4.68 Å². The zero-order chi connectivity index (χ0) is 17.3. The zero-order valence-corrected chi connectivity index (χ0v) is 13.8. The molecule has 0 aliphatic carbocycles. The number of aliphatic hydroxyl groups excluding tert-OH is 1. The highest BCUT2D eigenvalue weighted by atomic mass is 16.5. The number of aromatic nitrogens is 1. The molecule has 6 heteroatoms. The van der Waals surface area contributed by atoms with Gasteiger partial charge in [0.25, 0.3) is 0 Å². The summed E-state index contributed by atoms with van der Waals surface area (Å²) in [6.45, 7) is 1.40. The molecule has 1 aromatic carbocycles. The topological polar surface area (TPSA) is 73.0 Å². The quantitative estimate of drug-likeness (QED) is 0.929. The van der Waals surface area contributed by atoms with E-state index in [1.54, 1.807) is 12.4 Å². The molecule has 0 saturated carbocycles. The third-order valence-electron chi connectivity index (χ3n) is 4.96. The molecule has 4 rings (SSSR count). The van der Waals surface area contributed by atoms with Crippen LogP contribution in [0.4, 0.5) is 0 Å². The van der Waals surface area contributed by atoms with E-state index < -0.39 is 11.5 Å². The van der Waals surface area contributed by atoms with E-state index >= 15 is 0 Å². The Bertz CT molecular complexity index is 838. The van der Waals surface area contributed by atoms with Crippen molar-refractivity contribution in [2.45, 2.75) is 25.6 Å². The molecule has 1 aromatic heterocycles. The maximum Gasteiger partial charge on any atom is 0.223 e. The second kappa shape index (κ2) is 6.46. The van der Waals surface area contributed by atoms with Crippen LogP contribution in [-0.4, -0.2) is 29.2 Å². The normalized spacial score (nSPS) is 21.1. The Balaban J connectivity index is 1.70. The molecule has 1 saturated heterocycles. The van der Waals surface area contributed by atoms with Gasteiger partial charge in [-0.05, 0) is 18.4 Å². The fourth-order valence-electron chi connectivity index (χ4n) is 3.42. The molecule has 2 aliphatic heterocycles. The summed E-state index contributed by atoms with van der Waals surface area (Å²) in [5.74, 6) is 0.168. The van der Waals surface area contributed by atoms with Crippen molar-refractivity contribution in [2.75, 3.05) is 13.2 Å². The number of aliphatic hydroxyl groups is 1. The number of pyridine rings is 1. The van der Waals surface area contributed by atoms with Crippen LogP contribution in [0.2, 0.25) is 0 Å². The highest BCUT2D eigenvalue weighted by Gasteiger charge is 2.44. The number of benzene rings is 1. The van der Waals surface area contributed by atoms with Gasteiger partial charge in [-0.3, -0.25) is 4.79 Å². The summed E-state index contributed by atoms with van der Waals surface area (Å²) in [5, 5.41) is 15.5. The maximum atomic E-state index is 12.4. The van der Waals surface area contributed by atoms with Crippen LogP contribution in [0.3, 0.4) is 0 Å². The van der Waals surface area contributed by atoms with E-state index in [2.05, 4.69) is 5.10 Å². The minimum Gasteiger partial charge on any atom is -0.483 e. The van der Waals surface area contributed by atoms with Crippen molar-refractivity contribution in [3.63, 3.8) is 0 Å². The molecule has 2 aliphatic rings. The molecule has 0 amide bonds. The molecule has 2 aromatic rings. The van der Waals surface area contributed by atoms with E-state index in [1.165, 1.54) is 10.7 Å². The molecule has 1 atom stereocenters. The predicted molar refractivity (Wildman–Crippen MR) is 92.8 cm³/mol. The molecular weight excluding hydrogens is 320 g/mol. The van der Waals surface area contributed by atoms with Gasteiger partial charge in [0.05, 0.1) is 0 Å². The molecule has 130 valence electrons. The number of rotatable bonds is 3. The predicted octanol–water partition coefficient (Wildman–Crippen LogP) is 2.10. The fourth-order valence-corrected chi connectivity index (χ4v) is 3.42. The van der Waals surface area contributed by atoms with E-state index in [0.717, 1.165) is 5.56 Å². The standard InChI is InChI=1S/C19H20N2O4/c22-15-6-9-21-16(17(15)25-12-14-4-2-1-3-5-14)18(23)19(13-20-21)7-10-24-11-8-19/h1-6,9,13,18,23H,7-8,10-12H2. The van der Waals surface area contributed by atoms with Crippen molar-refractivity contribution in [3.05, 3.63) is 64.1 Å². The van der Waals surface area contributed by atoms with Crippen LogP contribution in [0.25, 0.3) is 0 Å². The average molecular weight is 340 g/mol. The summed E-state index contributed by atoms with van der Waals surface area (Å²) in [4.78, 5) is 12.4. The third-order valence-corrected chi connectivity index (χ3v) is 4.96. The largest absolute Gasteiger partial charge is 0.483 e. The van der Waals surface area contributed by atoms with Gasteiger partial charge in [-0.15, -0.1) is 0 Å². The lowest BCUT2D eigenvalue weighted by Gasteiger charge is -2.40. The molecule has 1 spiro atoms. The van der Waals surface area contributed by atoms with Gasteiger partial charge in [-0.2, -0.15) is 5.10 Å². The van der Waals surface area contributed by atoms with Crippen LogP contribution in [0, 0.1) is 5.41 Å². The van der Waals surface area contributed by atoms with Crippen molar-refractivity contribution < 1.29 is 14.6 Å². The zero-order valence-electron chi connectivity index (χ0n) is 13.8. The van der Waals surface area contributed by atoms with Crippen molar-refractivity contribution >= 4 is 6.21 Å². The van der Waals surface area contributed by atoms with Gasteiger partial charge >= 0.3 is 0 Å². The summed E-state index contributed by atoms with van der Waals surface area (Å²) in [7, 11) is 0. The Hall–Kier alpha value is -2.44. The van der Waals surface area contributed by atoms with E-state index in [0.29, 0.717) is 31.7 Å². The summed E-state index contributed by atoms with van der Waals surface area (Å²) in [6, 6.07) is 11.0. The van der Waals surface area contributed by atoms with Gasteiger partial charge in [0.15, 0.2) is 5.75 Å². The first kappa shape index (κ1) is 16.1. The number of fused-ring (bicyclic) bond motifs is 1. The molecule has 25 heavy (non-hydrogen) atoms. The molecule has 3 heterocycles. The van der Waals surface area contributed by atoms with Crippen molar-refractivity contribution in [1.29, 1.82) is 0 Å². The molecule has 6 nitrogen and oxygen atoms in total. The highest BCUT2D eigenvalue weighted by Crippen LogP contribution is 2.45. The lowest BCUT2D eigenvalue weighted by molar-refractivity contribution is -0.0290.